The first kappa shape index (κ1) is 15.3. The van der Waals surface area contributed by atoms with Crippen molar-refractivity contribution in [1.29, 1.82) is 0 Å². The molecule has 3 heteroatoms. The molecule has 2 rings (SSSR count). The largest absolute Gasteiger partial charge is 0.274 e. The van der Waals surface area contributed by atoms with Crippen molar-refractivity contribution in [1.82, 2.24) is 5.48 Å². The maximum Gasteiger partial charge on any atom is 0.243 e. The zero-order valence-electron chi connectivity index (χ0n) is 12.1. The fourth-order valence-electron chi connectivity index (χ4n) is 2.08. The average Bonchev–Trinajstić information content (AvgIpc) is 2.54. The van der Waals surface area contributed by atoms with Gasteiger partial charge < -0.3 is 0 Å². The van der Waals surface area contributed by atoms with E-state index in [1.54, 1.807) is 0 Å². The van der Waals surface area contributed by atoms with E-state index in [4.69, 9.17) is 4.84 Å². The molecule has 0 spiro atoms. The van der Waals surface area contributed by atoms with Crippen molar-refractivity contribution in [2.24, 2.45) is 0 Å². The Morgan fingerprint density at radius 1 is 0.857 bits per heavy atom. The minimum absolute atomic E-state index is 0.0708. The van der Waals surface area contributed by atoms with Gasteiger partial charge in [0, 0.05) is 6.42 Å². The number of hydroxylamine groups is 1. The van der Waals surface area contributed by atoms with Crippen LogP contribution in [0.3, 0.4) is 0 Å². The topological polar surface area (TPSA) is 38.3 Å². The number of rotatable bonds is 8. The SMILES string of the molecule is O=C(CCc1ccccc1)NOCCCc1ccccc1. The average molecular weight is 283 g/mol. The Balaban J connectivity index is 1.53. The molecular formula is C18H21NO2. The molecular weight excluding hydrogens is 262 g/mol. The second-order valence-electron chi connectivity index (χ2n) is 4.95. The van der Waals surface area contributed by atoms with Crippen LogP contribution >= 0.6 is 0 Å². The molecule has 0 aliphatic carbocycles. The molecule has 0 aliphatic heterocycles. The Labute approximate surface area is 125 Å². The van der Waals surface area contributed by atoms with Crippen LogP contribution in [0.15, 0.2) is 60.7 Å². The van der Waals surface area contributed by atoms with Crippen molar-refractivity contribution < 1.29 is 9.63 Å². The minimum atomic E-state index is -0.0708. The van der Waals surface area contributed by atoms with E-state index in [9.17, 15) is 4.79 Å². The molecule has 0 unspecified atom stereocenters. The standard InChI is InChI=1S/C18H21NO2/c20-18(14-13-17-10-5-2-6-11-17)19-21-15-7-12-16-8-3-1-4-9-16/h1-6,8-11H,7,12-15H2,(H,19,20). The van der Waals surface area contributed by atoms with Gasteiger partial charge in [0.2, 0.25) is 5.91 Å². The van der Waals surface area contributed by atoms with Crippen LogP contribution in [-0.4, -0.2) is 12.5 Å². The van der Waals surface area contributed by atoms with Gasteiger partial charge in [-0.1, -0.05) is 60.7 Å². The number of amides is 1. The van der Waals surface area contributed by atoms with Gasteiger partial charge in [0.05, 0.1) is 6.61 Å². The van der Waals surface area contributed by atoms with E-state index in [1.807, 2.05) is 48.5 Å². The summed E-state index contributed by atoms with van der Waals surface area (Å²) in [6, 6.07) is 20.2. The van der Waals surface area contributed by atoms with E-state index in [0.29, 0.717) is 13.0 Å². The lowest BCUT2D eigenvalue weighted by atomic mass is 10.1. The first-order valence-electron chi connectivity index (χ1n) is 7.33. The predicted molar refractivity (Wildman–Crippen MR) is 83.6 cm³/mol. The van der Waals surface area contributed by atoms with Crippen molar-refractivity contribution in [2.45, 2.75) is 25.7 Å². The van der Waals surface area contributed by atoms with Gasteiger partial charge in [-0.3, -0.25) is 9.63 Å². The molecule has 2 aromatic rings. The molecule has 0 saturated heterocycles. The highest BCUT2D eigenvalue weighted by Gasteiger charge is 2.02. The van der Waals surface area contributed by atoms with Crippen LogP contribution in [0.1, 0.15) is 24.0 Å². The number of hydrogen-bond donors (Lipinski definition) is 1. The van der Waals surface area contributed by atoms with E-state index >= 15 is 0 Å². The Kier molecular flexibility index (Phi) is 6.49. The Morgan fingerprint density at radius 2 is 1.43 bits per heavy atom. The third-order valence-corrected chi connectivity index (χ3v) is 3.22. The lowest BCUT2D eigenvalue weighted by molar-refractivity contribution is -0.133. The smallest absolute Gasteiger partial charge is 0.243 e. The van der Waals surface area contributed by atoms with Gasteiger partial charge in [0.1, 0.15) is 0 Å². The summed E-state index contributed by atoms with van der Waals surface area (Å²) in [6.07, 6.45) is 3.03. The van der Waals surface area contributed by atoms with Gasteiger partial charge in [0.15, 0.2) is 0 Å². The van der Waals surface area contributed by atoms with Crippen LogP contribution in [0.5, 0.6) is 0 Å². The lowest BCUT2D eigenvalue weighted by Gasteiger charge is -2.06. The lowest BCUT2D eigenvalue weighted by Crippen LogP contribution is -2.24. The van der Waals surface area contributed by atoms with Crippen molar-refractivity contribution in [3.8, 4) is 0 Å². The molecule has 0 saturated carbocycles. The fraction of sp³-hybridized carbons (Fsp3) is 0.278. The molecule has 0 aromatic heterocycles. The van der Waals surface area contributed by atoms with Gasteiger partial charge in [-0.15, -0.1) is 0 Å². The number of benzene rings is 2. The zero-order chi connectivity index (χ0) is 14.8. The number of aryl methyl sites for hydroxylation is 2. The number of nitrogens with one attached hydrogen (secondary N) is 1. The molecule has 2 aromatic carbocycles. The third-order valence-electron chi connectivity index (χ3n) is 3.22. The van der Waals surface area contributed by atoms with Gasteiger partial charge in [-0.05, 0) is 30.4 Å². The summed E-state index contributed by atoms with van der Waals surface area (Å²) in [4.78, 5) is 16.8. The summed E-state index contributed by atoms with van der Waals surface area (Å²) >= 11 is 0. The first-order chi connectivity index (χ1) is 10.3. The summed E-state index contributed by atoms with van der Waals surface area (Å²) in [7, 11) is 0. The molecule has 110 valence electrons. The maximum absolute atomic E-state index is 11.6. The molecule has 3 nitrogen and oxygen atoms in total. The molecule has 0 aliphatic rings. The fourth-order valence-corrected chi connectivity index (χ4v) is 2.08. The van der Waals surface area contributed by atoms with Crippen LogP contribution in [-0.2, 0) is 22.5 Å². The zero-order valence-corrected chi connectivity index (χ0v) is 12.1. The molecule has 1 amide bonds. The van der Waals surface area contributed by atoms with Crippen molar-refractivity contribution in [2.75, 3.05) is 6.61 Å². The molecule has 0 heterocycles. The Bertz CT molecular complexity index is 525. The molecule has 1 N–H and O–H groups in total. The molecule has 0 fully saturated rings. The third kappa shape index (κ3) is 6.23. The highest BCUT2D eigenvalue weighted by molar-refractivity contribution is 5.75. The van der Waals surface area contributed by atoms with E-state index < -0.39 is 0 Å². The molecule has 21 heavy (non-hydrogen) atoms. The number of carbonyl (C=O) groups excluding carboxylic acids is 1. The van der Waals surface area contributed by atoms with E-state index in [-0.39, 0.29) is 5.91 Å². The predicted octanol–water partition coefficient (Wildman–Crippen LogP) is 3.30. The second kappa shape index (κ2) is 8.93. The molecule has 0 bridgehead atoms. The van der Waals surface area contributed by atoms with Crippen molar-refractivity contribution >= 4 is 5.91 Å². The Hall–Kier alpha value is -2.13. The summed E-state index contributed by atoms with van der Waals surface area (Å²) < 4.78 is 0. The van der Waals surface area contributed by atoms with E-state index in [0.717, 1.165) is 24.8 Å². The van der Waals surface area contributed by atoms with Crippen LogP contribution in [0.2, 0.25) is 0 Å². The second-order valence-corrected chi connectivity index (χ2v) is 4.95. The van der Waals surface area contributed by atoms with Crippen LogP contribution in [0.4, 0.5) is 0 Å². The first-order valence-corrected chi connectivity index (χ1v) is 7.33. The number of hydrogen-bond acceptors (Lipinski definition) is 2. The van der Waals surface area contributed by atoms with E-state index in [2.05, 4.69) is 17.6 Å². The summed E-state index contributed by atoms with van der Waals surface area (Å²) in [5.74, 6) is -0.0708. The normalized spacial score (nSPS) is 10.3. The highest BCUT2D eigenvalue weighted by Crippen LogP contribution is 2.03. The Morgan fingerprint density at radius 3 is 2.05 bits per heavy atom. The van der Waals surface area contributed by atoms with Crippen LogP contribution in [0, 0.1) is 0 Å². The van der Waals surface area contributed by atoms with Gasteiger partial charge in [0.25, 0.3) is 0 Å². The van der Waals surface area contributed by atoms with Gasteiger partial charge in [-0.2, -0.15) is 0 Å². The van der Waals surface area contributed by atoms with Crippen LogP contribution in [0.25, 0.3) is 0 Å². The quantitative estimate of drug-likeness (QED) is 0.596. The number of carbonyl (C=O) groups is 1. The van der Waals surface area contributed by atoms with Gasteiger partial charge in [-0.25, -0.2) is 5.48 Å². The summed E-state index contributed by atoms with van der Waals surface area (Å²) in [5, 5.41) is 0. The van der Waals surface area contributed by atoms with Crippen molar-refractivity contribution in [3.05, 3.63) is 71.8 Å². The summed E-state index contributed by atoms with van der Waals surface area (Å²) in [6.45, 7) is 0.534. The van der Waals surface area contributed by atoms with E-state index in [1.165, 1.54) is 5.56 Å². The van der Waals surface area contributed by atoms with Gasteiger partial charge >= 0.3 is 0 Å². The minimum Gasteiger partial charge on any atom is -0.274 e. The molecule has 0 radical (unpaired) electrons. The monoisotopic (exact) mass is 283 g/mol. The summed E-state index contributed by atoms with van der Waals surface area (Å²) in [5.41, 5.74) is 4.95. The van der Waals surface area contributed by atoms with Crippen LogP contribution < -0.4 is 5.48 Å². The highest BCUT2D eigenvalue weighted by atomic mass is 16.6. The van der Waals surface area contributed by atoms with Crippen molar-refractivity contribution in [3.63, 3.8) is 0 Å². The molecule has 0 atom stereocenters. The maximum atomic E-state index is 11.6.